The maximum absolute atomic E-state index is 12.9. The minimum absolute atomic E-state index is 0.0207. The number of morpholine rings is 1. The molecule has 6 nitrogen and oxygen atoms in total. The molecule has 0 radical (unpaired) electrons. The number of anilines is 1. The number of nitrogens with one attached hydrogen (secondary N) is 1. The lowest BCUT2D eigenvalue weighted by Gasteiger charge is -2.40. The Balaban J connectivity index is 1.21. The minimum atomic E-state index is -4.41. The van der Waals surface area contributed by atoms with Crippen molar-refractivity contribution in [3.05, 3.63) is 59.2 Å². The van der Waals surface area contributed by atoms with Crippen LogP contribution in [0.5, 0.6) is 0 Å². The van der Waals surface area contributed by atoms with Gasteiger partial charge in [-0.3, -0.25) is 9.69 Å². The maximum atomic E-state index is 12.9. The van der Waals surface area contributed by atoms with E-state index in [0.717, 1.165) is 79.7 Å². The van der Waals surface area contributed by atoms with Gasteiger partial charge in [0.05, 0.1) is 29.0 Å². The molecule has 0 spiro atoms. The third kappa shape index (κ3) is 5.60. The number of carbonyl (C=O) groups excluding carboxylic acids is 1. The number of hydrogen-bond acceptors (Lipinski definition) is 6. The van der Waals surface area contributed by atoms with Crippen molar-refractivity contribution >= 4 is 32.6 Å². The molecule has 35 heavy (non-hydrogen) atoms. The summed E-state index contributed by atoms with van der Waals surface area (Å²) < 4.78 is 45.1. The zero-order valence-electron chi connectivity index (χ0n) is 19.2. The molecule has 3 aromatic rings. The molecular weight excluding hydrogens is 477 g/mol. The molecule has 2 fully saturated rings. The van der Waals surface area contributed by atoms with Gasteiger partial charge in [0.2, 0.25) is 0 Å². The number of piperidine rings is 1. The third-order valence-electron chi connectivity index (χ3n) is 6.64. The summed E-state index contributed by atoms with van der Waals surface area (Å²) in [5, 5.41) is 3.68. The van der Waals surface area contributed by atoms with Gasteiger partial charge in [0, 0.05) is 44.3 Å². The molecule has 2 aromatic carbocycles. The summed E-state index contributed by atoms with van der Waals surface area (Å²) in [5.41, 5.74) is 0.979. The van der Waals surface area contributed by atoms with Crippen LogP contribution in [-0.2, 0) is 17.5 Å². The van der Waals surface area contributed by atoms with Crippen LogP contribution in [0.25, 0.3) is 10.2 Å². The largest absolute Gasteiger partial charge is 0.416 e. The van der Waals surface area contributed by atoms with Gasteiger partial charge in [-0.2, -0.15) is 13.2 Å². The second-order valence-electron chi connectivity index (χ2n) is 8.93. The predicted molar refractivity (Wildman–Crippen MR) is 130 cm³/mol. The number of fused-ring (bicyclic) bond motifs is 1. The standard InChI is InChI=1S/C25H27F3N4O2S/c26-25(27,28)19-3-1-2-17(14-19)16-29-23(33)18-4-5-21-22(15-18)35-24(30-21)32-8-6-20(7-9-32)31-10-12-34-13-11-31/h1-5,14-15,20H,6-13,16H2,(H,29,33). The number of halogens is 3. The van der Waals surface area contributed by atoms with Crippen LogP contribution < -0.4 is 10.2 Å². The molecule has 0 saturated carbocycles. The first-order chi connectivity index (χ1) is 16.9. The first-order valence-corrected chi connectivity index (χ1v) is 12.6. The Labute approximate surface area is 205 Å². The van der Waals surface area contributed by atoms with Crippen LogP contribution in [0.4, 0.5) is 18.3 Å². The number of ether oxygens (including phenoxy) is 1. The lowest BCUT2D eigenvalue weighted by Crippen LogP contribution is -2.49. The highest BCUT2D eigenvalue weighted by atomic mass is 32.1. The summed E-state index contributed by atoms with van der Waals surface area (Å²) in [5.74, 6) is -0.328. The fourth-order valence-electron chi connectivity index (χ4n) is 4.70. The minimum Gasteiger partial charge on any atom is -0.379 e. The highest BCUT2D eigenvalue weighted by molar-refractivity contribution is 7.22. The molecule has 3 heterocycles. The summed E-state index contributed by atoms with van der Waals surface area (Å²) in [6.45, 7) is 5.56. The van der Waals surface area contributed by atoms with Crippen molar-refractivity contribution in [3.63, 3.8) is 0 Å². The van der Waals surface area contributed by atoms with Crippen LogP contribution >= 0.6 is 11.3 Å². The van der Waals surface area contributed by atoms with E-state index in [4.69, 9.17) is 9.72 Å². The lowest BCUT2D eigenvalue weighted by atomic mass is 10.0. The van der Waals surface area contributed by atoms with E-state index in [1.807, 2.05) is 6.07 Å². The van der Waals surface area contributed by atoms with Gasteiger partial charge in [-0.25, -0.2) is 4.98 Å². The third-order valence-corrected chi connectivity index (χ3v) is 7.72. The number of alkyl halides is 3. The van der Waals surface area contributed by atoms with E-state index in [1.165, 1.54) is 6.07 Å². The molecule has 186 valence electrons. The Hall–Kier alpha value is -2.69. The molecule has 0 bridgehead atoms. The Morgan fingerprint density at radius 3 is 2.60 bits per heavy atom. The van der Waals surface area contributed by atoms with Crippen molar-refractivity contribution in [2.45, 2.75) is 31.6 Å². The van der Waals surface area contributed by atoms with Crippen molar-refractivity contribution in [1.82, 2.24) is 15.2 Å². The number of aromatic nitrogens is 1. The van der Waals surface area contributed by atoms with E-state index >= 15 is 0 Å². The second-order valence-corrected chi connectivity index (χ2v) is 9.94. The van der Waals surface area contributed by atoms with Crippen LogP contribution in [0.1, 0.15) is 34.3 Å². The Morgan fingerprint density at radius 1 is 1.09 bits per heavy atom. The Kier molecular flexibility index (Phi) is 6.95. The molecule has 10 heteroatoms. The highest BCUT2D eigenvalue weighted by Crippen LogP contribution is 2.32. The average Bonchev–Trinajstić information content (AvgIpc) is 3.31. The van der Waals surface area contributed by atoms with Crippen molar-refractivity contribution in [3.8, 4) is 0 Å². The highest BCUT2D eigenvalue weighted by Gasteiger charge is 2.30. The van der Waals surface area contributed by atoms with Crippen LogP contribution in [0, 0.1) is 0 Å². The molecule has 0 unspecified atom stereocenters. The van der Waals surface area contributed by atoms with Crippen molar-refractivity contribution in [2.24, 2.45) is 0 Å². The predicted octanol–water partition coefficient (Wildman–Crippen LogP) is 4.55. The number of amides is 1. The molecule has 5 rings (SSSR count). The number of nitrogens with zero attached hydrogens (tertiary/aromatic N) is 3. The van der Waals surface area contributed by atoms with Gasteiger partial charge in [0.25, 0.3) is 5.91 Å². The number of rotatable bonds is 5. The lowest BCUT2D eigenvalue weighted by molar-refractivity contribution is -0.137. The van der Waals surface area contributed by atoms with Gasteiger partial charge in [-0.05, 0) is 48.7 Å². The van der Waals surface area contributed by atoms with Crippen LogP contribution in [0.2, 0.25) is 0 Å². The number of hydrogen-bond donors (Lipinski definition) is 1. The van der Waals surface area contributed by atoms with E-state index in [2.05, 4.69) is 15.1 Å². The van der Waals surface area contributed by atoms with Gasteiger partial charge in [0.1, 0.15) is 0 Å². The Bertz CT molecular complexity index is 1180. The topological polar surface area (TPSA) is 57.7 Å². The zero-order valence-corrected chi connectivity index (χ0v) is 20.0. The smallest absolute Gasteiger partial charge is 0.379 e. The van der Waals surface area contributed by atoms with E-state index < -0.39 is 11.7 Å². The fraction of sp³-hybridized carbons (Fsp3) is 0.440. The molecule has 0 aliphatic carbocycles. The SMILES string of the molecule is O=C(NCc1cccc(C(F)(F)F)c1)c1ccc2nc(N3CCC(N4CCOCC4)CC3)sc2c1. The van der Waals surface area contributed by atoms with E-state index in [1.54, 1.807) is 29.5 Å². The van der Waals surface area contributed by atoms with Gasteiger partial charge in [-0.1, -0.05) is 23.5 Å². The summed E-state index contributed by atoms with van der Waals surface area (Å²) in [4.78, 5) is 22.3. The Morgan fingerprint density at radius 2 is 1.86 bits per heavy atom. The molecule has 1 N–H and O–H groups in total. The number of benzene rings is 2. The summed E-state index contributed by atoms with van der Waals surface area (Å²) in [6.07, 6.45) is -2.22. The van der Waals surface area contributed by atoms with Gasteiger partial charge < -0.3 is 15.0 Å². The molecule has 2 aliphatic heterocycles. The van der Waals surface area contributed by atoms with Gasteiger partial charge in [-0.15, -0.1) is 0 Å². The van der Waals surface area contributed by atoms with Crippen molar-refractivity contribution in [1.29, 1.82) is 0 Å². The number of carbonyl (C=O) groups is 1. The van der Waals surface area contributed by atoms with E-state index in [0.29, 0.717) is 17.2 Å². The number of thiazole rings is 1. The summed E-state index contributed by atoms with van der Waals surface area (Å²) in [7, 11) is 0. The molecule has 2 aliphatic rings. The molecule has 0 atom stereocenters. The zero-order chi connectivity index (χ0) is 24.4. The van der Waals surface area contributed by atoms with Crippen LogP contribution in [0.15, 0.2) is 42.5 Å². The fourth-order valence-corrected chi connectivity index (χ4v) is 5.75. The molecule has 1 amide bonds. The first kappa shape index (κ1) is 24.0. The first-order valence-electron chi connectivity index (χ1n) is 11.8. The van der Waals surface area contributed by atoms with Gasteiger partial charge >= 0.3 is 6.18 Å². The second kappa shape index (κ2) is 10.1. The van der Waals surface area contributed by atoms with E-state index in [9.17, 15) is 18.0 Å². The molecule has 1 aromatic heterocycles. The normalized spacial score (nSPS) is 18.2. The van der Waals surface area contributed by atoms with Crippen molar-refractivity contribution in [2.75, 3.05) is 44.3 Å². The summed E-state index contributed by atoms with van der Waals surface area (Å²) >= 11 is 1.57. The average molecular weight is 505 g/mol. The van der Waals surface area contributed by atoms with Crippen LogP contribution in [0.3, 0.4) is 0 Å². The molecule has 2 saturated heterocycles. The summed E-state index contributed by atoms with van der Waals surface area (Å²) in [6, 6.07) is 10.9. The maximum Gasteiger partial charge on any atom is 0.416 e. The van der Waals surface area contributed by atoms with Crippen LogP contribution in [-0.4, -0.2) is 61.2 Å². The van der Waals surface area contributed by atoms with Crippen molar-refractivity contribution < 1.29 is 22.7 Å². The van der Waals surface area contributed by atoms with E-state index in [-0.39, 0.29) is 12.5 Å². The monoisotopic (exact) mass is 504 g/mol. The molecular formula is C25H27F3N4O2S. The quantitative estimate of drug-likeness (QED) is 0.553. The van der Waals surface area contributed by atoms with Gasteiger partial charge in [0.15, 0.2) is 5.13 Å².